The summed E-state index contributed by atoms with van der Waals surface area (Å²) in [7, 11) is 1.47. The van der Waals surface area contributed by atoms with E-state index in [0.717, 1.165) is 0 Å². The van der Waals surface area contributed by atoms with Crippen molar-refractivity contribution in [3.05, 3.63) is 20.3 Å². The molecule has 0 radical (unpaired) electrons. The van der Waals surface area contributed by atoms with Crippen LogP contribution >= 0.6 is 22.6 Å². The van der Waals surface area contributed by atoms with Gasteiger partial charge in [0, 0.05) is 13.6 Å². The molecule has 0 saturated heterocycles. The summed E-state index contributed by atoms with van der Waals surface area (Å²) < 4.78 is 36.3. The van der Waals surface area contributed by atoms with Gasteiger partial charge in [-0.25, -0.2) is 4.98 Å². The van der Waals surface area contributed by atoms with E-state index in [2.05, 4.69) is 9.97 Å². The van der Waals surface area contributed by atoms with Gasteiger partial charge in [0.1, 0.15) is 9.39 Å². The molecule has 1 N–H and O–H groups in total. The third kappa shape index (κ3) is 3.65. The number of H-pyrrole nitrogens is 1. The largest absolute Gasteiger partial charge is 0.390 e. The van der Waals surface area contributed by atoms with Gasteiger partial charge in [-0.3, -0.25) is 4.79 Å². The van der Waals surface area contributed by atoms with Gasteiger partial charge in [-0.1, -0.05) is 0 Å². The number of halogens is 4. The molecule has 4 nitrogen and oxygen atoms in total. The monoisotopic (exact) mass is 347 g/mol. The molecule has 1 rings (SSSR count). The van der Waals surface area contributed by atoms with Crippen LogP contribution in [-0.2, 0) is 0 Å². The van der Waals surface area contributed by atoms with E-state index < -0.39 is 12.6 Å². The van der Waals surface area contributed by atoms with Crippen LogP contribution in [0.5, 0.6) is 0 Å². The molecule has 0 aliphatic rings. The lowest BCUT2D eigenvalue weighted by atomic mass is 10.4. The van der Waals surface area contributed by atoms with Gasteiger partial charge in [0.15, 0.2) is 0 Å². The first-order chi connectivity index (χ1) is 7.31. The van der Waals surface area contributed by atoms with Crippen molar-refractivity contribution in [1.29, 1.82) is 0 Å². The Morgan fingerprint density at radius 1 is 1.56 bits per heavy atom. The average Bonchev–Trinajstić information content (AvgIpc) is 2.17. The van der Waals surface area contributed by atoms with Crippen LogP contribution in [-0.4, -0.2) is 29.7 Å². The van der Waals surface area contributed by atoms with Gasteiger partial charge in [0.2, 0.25) is 0 Å². The first kappa shape index (κ1) is 13.3. The number of hydrogen-bond donors (Lipinski definition) is 1. The standard InChI is InChI=1S/C8H9F3IN3O/c1-15(3-2-8(9,10)11)6-5(12)7(16)14-4-13-6/h4H,2-3H2,1H3,(H,13,14,16). The van der Waals surface area contributed by atoms with Gasteiger partial charge in [-0.2, -0.15) is 13.2 Å². The van der Waals surface area contributed by atoms with E-state index in [9.17, 15) is 18.0 Å². The highest BCUT2D eigenvalue weighted by molar-refractivity contribution is 14.1. The third-order valence-corrected chi connectivity index (χ3v) is 2.84. The number of aromatic nitrogens is 2. The number of hydrogen-bond acceptors (Lipinski definition) is 3. The average molecular weight is 347 g/mol. The van der Waals surface area contributed by atoms with E-state index in [1.165, 1.54) is 18.3 Å². The zero-order chi connectivity index (χ0) is 12.3. The lowest BCUT2D eigenvalue weighted by molar-refractivity contribution is -0.132. The fraction of sp³-hybridized carbons (Fsp3) is 0.500. The number of anilines is 1. The second-order valence-electron chi connectivity index (χ2n) is 3.16. The van der Waals surface area contributed by atoms with Crippen molar-refractivity contribution >= 4 is 28.4 Å². The minimum atomic E-state index is -4.21. The summed E-state index contributed by atoms with van der Waals surface area (Å²) in [6, 6.07) is 0. The molecular formula is C8H9F3IN3O. The van der Waals surface area contributed by atoms with Gasteiger partial charge in [0.05, 0.1) is 12.7 Å². The Balaban J connectivity index is 2.77. The number of rotatable bonds is 3. The topological polar surface area (TPSA) is 49.0 Å². The molecule has 0 aliphatic heterocycles. The van der Waals surface area contributed by atoms with Gasteiger partial charge < -0.3 is 9.88 Å². The second kappa shape index (κ2) is 5.02. The third-order valence-electron chi connectivity index (χ3n) is 1.87. The summed E-state index contributed by atoms with van der Waals surface area (Å²) in [6.07, 6.45) is -3.97. The molecule has 1 aromatic heterocycles. The summed E-state index contributed by atoms with van der Waals surface area (Å²) in [5.41, 5.74) is -0.357. The lowest BCUT2D eigenvalue weighted by Crippen LogP contribution is -2.27. The minimum Gasteiger partial charge on any atom is -0.358 e. The van der Waals surface area contributed by atoms with Crippen LogP contribution in [0.1, 0.15) is 6.42 Å². The van der Waals surface area contributed by atoms with E-state index in [4.69, 9.17) is 0 Å². The van der Waals surface area contributed by atoms with Crippen LogP contribution in [0, 0.1) is 3.57 Å². The van der Waals surface area contributed by atoms with Crippen molar-refractivity contribution in [1.82, 2.24) is 9.97 Å². The van der Waals surface area contributed by atoms with Crippen molar-refractivity contribution in [2.75, 3.05) is 18.5 Å². The Morgan fingerprint density at radius 3 is 2.75 bits per heavy atom. The molecule has 1 aromatic rings. The molecule has 1 heterocycles. The molecule has 0 saturated carbocycles. The SMILES string of the molecule is CN(CCC(F)(F)F)c1nc[nH]c(=O)c1I. The van der Waals surface area contributed by atoms with Crippen molar-refractivity contribution in [2.45, 2.75) is 12.6 Å². The van der Waals surface area contributed by atoms with Crippen LogP contribution in [0.25, 0.3) is 0 Å². The molecule has 8 heteroatoms. The molecule has 90 valence electrons. The fourth-order valence-corrected chi connectivity index (χ4v) is 1.75. The van der Waals surface area contributed by atoms with Gasteiger partial charge >= 0.3 is 6.18 Å². The Hall–Kier alpha value is -0.800. The van der Waals surface area contributed by atoms with E-state index in [1.54, 1.807) is 22.6 Å². The summed E-state index contributed by atoms with van der Waals surface area (Å²) in [6.45, 7) is -0.226. The van der Waals surface area contributed by atoms with Gasteiger partial charge in [-0.15, -0.1) is 0 Å². The van der Waals surface area contributed by atoms with Crippen LogP contribution in [0.2, 0.25) is 0 Å². The summed E-state index contributed by atoms with van der Waals surface area (Å²) >= 11 is 1.75. The summed E-state index contributed by atoms with van der Waals surface area (Å²) in [4.78, 5) is 18.7. The Morgan fingerprint density at radius 2 is 2.19 bits per heavy atom. The zero-order valence-corrected chi connectivity index (χ0v) is 10.5. The highest BCUT2D eigenvalue weighted by Crippen LogP contribution is 2.21. The molecule has 16 heavy (non-hydrogen) atoms. The minimum absolute atomic E-state index is 0.226. The molecule has 0 amide bonds. The van der Waals surface area contributed by atoms with Gasteiger partial charge in [-0.05, 0) is 22.6 Å². The van der Waals surface area contributed by atoms with Crippen LogP contribution < -0.4 is 10.5 Å². The number of aromatic amines is 1. The maximum absolute atomic E-state index is 12.0. The molecule has 0 spiro atoms. The Kier molecular flexibility index (Phi) is 4.16. The normalized spacial score (nSPS) is 11.6. The maximum Gasteiger partial charge on any atom is 0.390 e. The van der Waals surface area contributed by atoms with Gasteiger partial charge in [0.25, 0.3) is 5.56 Å². The summed E-state index contributed by atoms with van der Waals surface area (Å²) in [5.74, 6) is 0.258. The Labute approximate surface area is 103 Å². The predicted octanol–water partition coefficient (Wildman–Crippen LogP) is 1.76. The molecule has 0 bridgehead atoms. The molecule has 0 unspecified atom stereocenters. The van der Waals surface area contributed by atoms with E-state index in [-0.39, 0.29) is 21.5 Å². The lowest BCUT2D eigenvalue weighted by Gasteiger charge is -2.19. The maximum atomic E-state index is 12.0. The van der Waals surface area contributed by atoms with E-state index >= 15 is 0 Å². The molecule has 0 atom stereocenters. The van der Waals surface area contributed by atoms with Crippen molar-refractivity contribution < 1.29 is 13.2 Å². The molecule has 0 aliphatic carbocycles. The van der Waals surface area contributed by atoms with E-state index in [1.807, 2.05) is 0 Å². The van der Waals surface area contributed by atoms with Crippen molar-refractivity contribution in [3.63, 3.8) is 0 Å². The zero-order valence-electron chi connectivity index (χ0n) is 8.31. The molecular weight excluding hydrogens is 338 g/mol. The molecule has 0 aromatic carbocycles. The van der Waals surface area contributed by atoms with E-state index in [0.29, 0.717) is 0 Å². The Bertz CT molecular complexity index is 418. The number of nitrogens with one attached hydrogen (secondary N) is 1. The smallest absolute Gasteiger partial charge is 0.358 e. The van der Waals surface area contributed by atoms with Crippen molar-refractivity contribution in [3.8, 4) is 0 Å². The van der Waals surface area contributed by atoms with Crippen molar-refractivity contribution in [2.24, 2.45) is 0 Å². The first-order valence-electron chi connectivity index (χ1n) is 4.32. The highest BCUT2D eigenvalue weighted by atomic mass is 127. The first-order valence-corrected chi connectivity index (χ1v) is 5.40. The van der Waals surface area contributed by atoms with Crippen LogP contribution in [0.3, 0.4) is 0 Å². The van der Waals surface area contributed by atoms with Crippen LogP contribution in [0.15, 0.2) is 11.1 Å². The molecule has 0 fully saturated rings. The number of alkyl halides is 3. The number of nitrogens with zero attached hydrogens (tertiary/aromatic N) is 2. The quantitative estimate of drug-likeness (QED) is 0.848. The highest BCUT2D eigenvalue weighted by Gasteiger charge is 2.27. The second-order valence-corrected chi connectivity index (χ2v) is 4.23. The van der Waals surface area contributed by atoms with Crippen LogP contribution in [0.4, 0.5) is 19.0 Å². The summed E-state index contributed by atoms with van der Waals surface area (Å²) in [5, 5.41) is 0. The predicted molar refractivity (Wildman–Crippen MR) is 61.5 cm³/mol. The fourth-order valence-electron chi connectivity index (χ4n) is 1.04.